The lowest BCUT2D eigenvalue weighted by atomic mass is 9.87. The Hall–Kier alpha value is -0.660. The number of hydrogen-bond acceptors (Lipinski definition) is 2. The Kier molecular flexibility index (Phi) is 7.33. The van der Waals surface area contributed by atoms with E-state index in [0.29, 0.717) is 5.54 Å². The highest BCUT2D eigenvalue weighted by Crippen LogP contribution is 2.32. The van der Waals surface area contributed by atoms with Crippen LogP contribution < -0.4 is 5.73 Å². The van der Waals surface area contributed by atoms with E-state index < -0.39 is 0 Å². The molecule has 1 heterocycles. The molecule has 0 radical (unpaired) electrons. The van der Waals surface area contributed by atoms with E-state index in [0.717, 1.165) is 18.7 Å². The normalized spacial score (nSPS) is 18.5. The lowest BCUT2D eigenvalue weighted by Gasteiger charge is -2.40. The summed E-state index contributed by atoms with van der Waals surface area (Å²) >= 11 is 0. The predicted molar refractivity (Wildman–Crippen MR) is 84.9 cm³/mol. The van der Waals surface area contributed by atoms with Gasteiger partial charge in [0.2, 0.25) is 0 Å². The average molecular weight is 266 g/mol. The van der Waals surface area contributed by atoms with Gasteiger partial charge in [-0.3, -0.25) is 0 Å². The van der Waals surface area contributed by atoms with Crippen LogP contribution >= 0.6 is 0 Å². The Morgan fingerprint density at radius 1 is 1.05 bits per heavy atom. The Balaban J connectivity index is 2.50. The van der Waals surface area contributed by atoms with Crippen molar-refractivity contribution in [2.75, 3.05) is 6.54 Å². The molecule has 0 aliphatic carbocycles. The smallest absolute Gasteiger partial charge is 0.0369 e. The molecule has 1 rings (SSSR count). The maximum absolute atomic E-state index is 5.97. The molecule has 0 saturated carbocycles. The van der Waals surface area contributed by atoms with Crippen molar-refractivity contribution in [1.29, 1.82) is 0 Å². The zero-order valence-corrected chi connectivity index (χ0v) is 13.4. The molecule has 0 saturated heterocycles. The maximum atomic E-state index is 5.97. The molecule has 19 heavy (non-hydrogen) atoms. The summed E-state index contributed by atoms with van der Waals surface area (Å²) in [7, 11) is 0. The summed E-state index contributed by atoms with van der Waals surface area (Å²) in [6.07, 6.45) is 15.4. The lowest BCUT2D eigenvalue weighted by molar-refractivity contribution is 0.143. The third kappa shape index (κ3) is 5.46. The third-order valence-electron chi connectivity index (χ3n) is 4.54. The SMILES string of the molecule is CCCCCCC(C)(CCCCC)N1C=C(N)CC1. The molecule has 2 heteroatoms. The van der Waals surface area contributed by atoms with E-state index in [4.69, 9.17) is 5.73 Å². The van der Waals surface area contributed by atoms with Gasteiger partial charge in [-0.15, -0.1) is 0 Å². The molecule has 1 aliphatic heterocycles. The van der Waals surface area contributed by atoms with E-state index in [9.17, 15) is 0 Å². The van der Waals surface area contributed by atoms with Crippen molar-refractivity contribution in [2.45, 2.75) is 90.5 Å². The van der Waals surface area contributed by atoms with Crippen LogP contribution in [0.2, 0.25) is 0 Å². The molecule has 1 unspecified atom stereocenters. The molecule has 0 aromatic carbocycles. The van der Waals surface area contributed by atoms with E-state index in [1.54, 1.807) is 0 Å². The van der Waals surface area contributed by atoms with Crippen LogP contribution in [0, 0.1) is 0 Å². The fourth-order valence-corrected chi connectivity index (χ4v) is 3.11. The summed E-state index contributed by atoms with van der Waals surface area (Å²) in [5.41, 5.74) is 7.37. The first-order valence-corrected chi connectivity index (χ1v) is 8.35. The number of hydrogen-bond donors (Lipinski definition) is 1. The minimum atomic E-state index is 0.337. The van der Waals surface area contributed by atoms with E-state index in [1.807, 2.05) is 0 Å². The van der Waals surface area contributed by atoms with E-state index in [1.165, 1.54) is 57.8 Å². The van der Waals surface area contributed by atoms with Gasteiger partial charge in [-0.1, -0.05) is 58.8 Å². The molecule has 0 bridgehead atoms. The summed E-state index contributed by atoms with van der Waals surface area (Å²) in [4.78, 5) is 2.53. The lowest BCUT2D eigenvalue weighted by Crippen LogP contribution is -2.42. The molecule has 0 aromatic heterocycles. The van der Waals surface area contributed by atoms with Gasteiger partial charge in [0.1, 0.15) is 0 Å². The van der Waals surface area contributed by atoms with Gasteiger partial charge in [0.05, 0.1) is 0 Å². The molecule has 2 nitrogen and oxygen atoms in total. The molecule has 0 amide bonds. The summed E-state index contributed by atoms with van der Waals surface area (Å²) in [6.45, 7) is 8.14. The predicted octanol–water partition coefficient (Wildman–Crippen LogP) is 4.80. The second-order valence-corrected chi connectivity index (χ2v) is 6.41. The summed E-state index contributed by atoms with van der Waals surface area (Å²) in [5, 5.41) is 0. The number of unbranched alkanes of at least 4 members (excludes halogenated alkanes) is 5. The molecule has 0 aromatic rings. The zero-order valence-electron chi connectivity index (χ0n) is 13.4. The van der Waals surface area contributed by atoms with Crippen LogP contribution in [0.25, 0.3) is 0 Å². The fraction of sp³-hybridized carbons (Fsp3) is 0.882. The highest BCUT2D eigenvalue weighted by atomic mass is 15.2. The second kappa shape index (κ2) is 8.50. The van der Waals surface area contributed by atoms with E-state index in [2.05, 4.69) is 31.9 Å². The van der Waals surface area contributed by atoms with Crippen molar-refractivity contribution in [3.05, 3.63) is 11.9 Å². The van der Waals surface area contributed by atoms with Crippen LogP contribution in [0.15, 0.2) is 11.9 Å². The monoisotopic (exact) mass is 266 g/mol. The molecular formula is C17H34N2. The van der Waals surface area contributed by atoms with Gasteiger partial charge in [-0.2, -0.15) is 0 Å². The van der Waals surface area contributed by atoms with Crippen molar-refractivity contribution in [2.24, 2.45) is 5.73 Å². The molecule has 112 valence electrons. The van der Waals surface area contributed by atoms with Crippen LogP contribution in [0.4, 0.5) is 0 Å². The van der Waals surface area contributed by atoms with Crippen molar-refractivity contribution in [1.82, 2.24) is 4.90 Å². The molecule has 0 fully saturated rings. The number of nitrogens with zero attached hydrogens (tertiary/aromatic N) is 1. The average Bonchev–Trinajstić information content (AvgIpc) is 2.82. The van der Waals surface area contributed by atoms with Gasteiger partial charge in [0.15, 0.2) is 0 Å². The molecule has 1 aliphatic rings. The number of nitrogens with two attached hydrogens (primary N) is 1. The van der Waals surface area contributed by atoms with Gasteiger partial charge in [-0.05, 0) is 19.8 Å². The summed E-state index contributed by atoms with van der Waals surface area (Å²) in [5.74, 6) is 0. The quantitative estimate of drug-likeness (QED) is 0.575. The van der Waals surface area contributed by atoms with Crippen LogP contribution in [0.5, 0.6) is 0 Å². The van der Waals surface area contributed by atoms with E-state index in [-0.39, 0.29) is 0 Å². The van der Waals surface area contributed by atoms with Crippen molar-refractivity contribution in [3.8, 4) is 0 Å². The van der Waals surface area contributed by atoms with Crippen LogP contribution in [-0.4, -0.2) is 17.0 Å². The van der Waals surface area contributed by atoms with Gasteiger partial charge < -0.3 is 10.6 Å². The van der Waals surface area contributed by atoms with Gasteiger partial charge in [0.25, 0.3) is 0 Å². The Morgan fingerprint density at radius 3 is 2.16 bits per heavy atom. The van der Waals surface area contributed by atoms with Crippen LogP contribution in [0.1, 0.15) is 85.0 Å². The van der Waals surface area contributed by atoms with Gasteiger partial charge >= 0.3 is 0 Å². The van der Waals surface area contributed by atoms with Crippen molar-refractivity contribution < 1.29 is 0 Å². The highest BCUT2D eigenvalue weighted by Gasteiger charge is 2.31. The molecule has 1 atom stereocenters. The summed E-state index contributed by atoms with van der Waals surface area (Å²) in [6, 6.07) is 0. The minimum Gasteiger partial charge on any atom is -0.401 e. The Morgan fingerprint density at radius 2 is 1.63 bits per heavy atom. The van der Waals surface area contributed by atoms with E-state index >= 15 is 0 Å². The zero-order chi connectivity index (χ0) is 14.1. The second-order valence-electron chi connectivity index (χ2n) is 6.41. The van der Waals surface area contributed by atoms with Crippen molar-refractivity contribution >= 4 is 0 Å². The van der Waals surface area contributed by atoms with Gasteiger partial charge in [-0.25, -0.2) is 0 Å². The van der Waals surface area contributed by atoms with Crippen molar-refractivity contribution in [3.63, 3.8) is 0 Å². The van der Waals surface area contributed by atoms with Crippen LogP contribution in [-0.2, 0) is 0 Å². The first kappa shape index (κ1) is 16.4. The summed E-state index contributed by atoms with van der Waals surface area (Å²) < 4.78 is 0. The Labute approximate surface area is 120 Å². The molecular weight excluding hydrogens is 232 g/mol. The minimum absolute atomic E-state index is 0.337. The highest BCUT2D eigenvalue weighted by molar-refractivity contribution is 5.08. The topological polar surface area (TPSA) is 29.3 Å². The van der Waals surface area contributed by atoms with Gasteiger partial charge in [0, 0.05) is 30.4 Å². The Bertz CT molecular complexity index is 272. The first-order chi connectivity index (χ1) is 9.12. The molecule has 0 spiro atoms. The maximum Gasteiger partial charge on any atom is 0.0369 e. The first-order valence-electron chi connectivity index (χ1n) is 8.35. The fourth-order valence-electron chi connectivity index (χ4n) is 3.11. The standard InChI is InChI=1S/C17H34N2/c1-4-6-8-10-13-17(3,12-9-7-5-2)19-14-11-16(18)15-19/h15H,4-14,18H2,1-3H3. The molecule has 2 N–H and O–H groups in total. The van der Waals surface area contributed by atoms with Crippen LogP contribution in [0.3, 0.4) is 0 Å². The largest absolute Gasteiger partial charge is 0.401 e. The third-order valence-corrected chi connectivity index (χ3v) is 4.54. The number of rotatable bonds is 10.